The van der Waals surface area contributed by atoms with Gasteiger partial charge in [-0.15, -0.1) is 0 Å². The molecule has 136 valence electrons. The number of aromatic nitrogens is 1. The SMILES string of the molecule is Clc1ccc(N=Cc2cccc(/C=C/c3ccc4ccc(Cl)cc4n3)c2)cc1. The molecule has 0 spiro atoms. The first-order chi connectivity index (χ1) is 13.7. The van der Waals surface area contributed by atoms with Crippen molar-refractivity contribution in [2.75, 3.05) is 0 Å². The lowest BCUT2D eigenvalue weighted by Gasteiger charge is -2.00. The Morgan fingerprint density at radius 2 is 1.46 bits per heavy atom. The van der Waals surface area contributed by atoms with Gasteiger partial charge in [-0.25, -0.2) is 4.98 Å². The van der Waals surface area contributed by atoms with E-state index in [4.69, 9.17) is 23.2 Å². The Bertz CT molecular complexity index is 1180. The molecular weight excluding hydrogens is 387 g/mol. The van der Waals surface area contributed by atoms with Gasteiger partial charge in [0.1, 0.15) is 0 Å². The molecule has 0 saturated heterocycles. The molecule has 28 heavy (non-hydrogen) atoms. The molecule has 0 aliphatic rings. The Hall–Kier alpha value is -2.94. The van der Waals surface area contributed by atoms with Crippen LogP contribution in [-0.4, -0.2) is 11.2 Å². The summed E-state index contributed by atoms with van der Waals surface area (Å²) in [4.78, 5) is 9.14. The molecule has 4 rings (SSSR count). The van der Waals surface area contributed by atoms with E-state index in [1.165, 1.54) is 0 Å². The van der Waals surface area contributed by atoms with E-state index in [9.17, 15) is 0 Å². The van der Waals surface area contributed by atoms with Crippen molar-refractivity contribution < 1.29 is 0 Å². The summed E-state index contributed by atoms with van der Waals surface area (Å²) < 4.78 is 0. The first kappa shape index (κ1) is 18.4. The number of aliphatic imine (C=N–C) groups is 1. The van der Waals surface area contributed by atoms with Crippen LogP contribution < -0.4 is 0 Å². The zero-order valence-corrected chi connectivity index (χ0v) is 16.4. The van der Waals surface area contributed by atoms with E-state index in [1.54, 1.807) is 0 Å². The summed E-state index contributed by atoms with van der Waals surface area (Å²) in [5.74, 6) is 0. The predicted molar refractivity (Wildman–Crippen MR) is 121 cm³/mol. The molecule has 0 aliphatic carbocycles. The summed E-state index contributed by atoms with van der Waals surface area (Å²) in [6.45, 7) is 0. The van der Waals surface area contributed by atoms with Crippen molar-refractivity contribution in [3.63, 3.8) is 0 Å². The Balaban J connectivity index is 1.53. The molecule has 0 N–H and O–H groups in total. The minimum absolute atomic E-state index is 0.689. The normalized spacial score (nSPS) is 11.6. The predicted octanol–water partition coefficient (Wildman–Crippen LogP) is 7.46. The van der Waals surface area contributed by atoms with Crippen LogP contribution in [0.15, 0.2) is 83.9 Å². The first-order valence-corrected chi connectivity index (χ1v) is 9.55. The maximum atomic E-state index is 6.07. The van der Waals surface area contributed by atoms with Crippen LogP contribution in [0, 0.1) is 0 Å². The lowest BCUT2D eigenvalue weighted by molar-refractivity contribution is 1.37. The molecule has 4 heteroatoms. The standard InChI is InChI=1S/C24H16Cl2N2/c25-20-8-12-22(13-9-20)27-16-18-3-1-2-17(14-18)4-10-23-11-6-19-5-7-21(26)15-24(19)28-23/h1-16H/b10-4+,27-16?. The Morgan fingerprint density at radius 1 is 0.714 bits per heavy atom. The van der Waals surface area contributed by atoms with Gasteiger partial charge in [-0.2, -0.15) is 0 Å². The molecule has 0 atom stereocenters. The summed E-state index contributed by atoms with van der Waals surface area (Å²) in [6, 6.07) is 25.4. The van der Waals surface area contributed by atoms with Gasteiger partial charge < -0.3 is 0 Å². The second-order valence-corrected chi connectivity index (χ2v) is 7.18. The number of hydrogen-bond donors (Lipinski definition) is 0. The van der Waals surface area contributed by atoms with Gasteiger partial charge in [0.05, 0.1) is 16.9 Å². The highest BCUT2D eigenvalue weighted by Crippen LogP contribution is 2.19. The molecule has 0 radical (unpaired) electrons. The largest absolute Gasteiger partial charge is 0.256 e. The third-order valence-electron chi connectivity index (χ3n) is 4.22. The van der Waals surface area contributed by atoms with Crippen LogP contribution in [0.5, 0.6) is 0 Å². The van der Waals surface area contributed by atoms with Crippen LogP contribution in [-0.2, 0) is 0 Å². The summed E-state index contributed by atoms with van der Waals surface area (Å²) in [7, 11) is 0. The third-order valence-corrected chi connectivity index (χ3v) is 4.71. The molecule has 0 bridgehead atoms. The number of nitrogens with zero attached hydrogens (tertiary/aromatic N) is 2. The average molecular weight is 403 g/mol. The van der Waals surface area contributed by atoms with Crippen LogP contribution >= 0.6 is 23.2 Å². The summed E-state index contributed by atoms with van der Waals surface area (Å²) in [5.41, 5.74) is 4.74. The number of halogens is 2. The third kappa shape index (κ3) is 4.66. The van der Waals surface area contributed by atoms with E-state index in [-0.39, 0.29) is 0 Å². The van der Waals surface area contributed by atoms with Crippen molar-refractivity contribution in [1.29, 1.82) is 0 Å². The van der Waals surface area contributed by atoms with Crippen molar-refractivity contribution in [3.8, 4) is 0 Å². The highest BCUT2D eigenvalue weighted by molar-refractivity contribution is 6.31. The Morgan fingerprint density at radius 3 is 2.32 bits per heavy atom. The van der Waals surface area contributed by atoms with E-state index in [0.717, 1.165) is 33.4 Å². The molecule has 0 amide bonds. The minimum Gasteiger partial charge on any atom is -0.256 e. The van der Waals surface area contributed by atoms with Gasteiger partial charge in [-0.3, -0.25) is 4.99 Å². The fourth-order valence-electron chi connectivity index (χ4n) is 2.80. The van der Waals surface area contributed by atoms with Crippen LogP contribution in [0.25, 0.3) is 23.1 Å². The monoisotopic (exact) mass is 402 g/mol. The highest BCUT2D eigenvalue weighted by atomic mass is 35.5. The molecule has 1 aromatic heterocycles. The summed E-state index contributed by atoms with van der Waals surface area (Å²) in [5, 5.41) is 2.46. The Labute approximate surface area is 173 Å². The molecule has 4 aromatic rings. The number of hydrogen-bond acceptors (Lipinski definition) is 2. The fraction of sp³-hybridized carbons (Fsp3) is 0. The van der Waals surface area contributed by atoms with Crippen molar-refractivity contribution >= 4 is 58.2 Å². The smallest absolute Gasteiger partial charge is 0.0724 e. The van der Waals surface area contributed by atoms with E-state index >= 15 is 0 Å². The molecule has 0 saturated carbocycles. The average Bonchev–Trinajstić information content (AvgIpc) is 2.72. The van der Waals surface area contributed by atoms with Gasteiger partial charge in [0.15, 0.2) is 0 Å². The summed E-state index contributed by atoms with van der Waals surface area (Å²) in [6.07, 6.45) is 5.88. The molecule has 1 heterocycles. The maximum Gasteiger partial charge on any atom is 0.0724 e. The van der Waals surface area contributed by atoms with Crippen LogP contribution in [0.2, 0.25) is 10.0 Å². The summed E-state index contributed by atoms with van der Waals surface area (Å²) >= 11 is 12.0. The van der Waals surface area contributed by atoms with Gasteiger partial charge >= 0.3 is 0 Å². The quantitative estimate of drug-likeness (QED) is 0.325. The zero-order valence-electron chi connectivity index (χ0n) is 14.9. The van der Waals surface area contributed by atoms with E-state index < -0.39 is 0 Å². The van der Waals surface area contributed by atoms with Gasteiger partial charge in [0.25, 0.3) is 0 Å². The molecule has 0 aliphatic heterocycles. The molecule has 0 fully saturated rings. The fourth-order valence-corrected chi connectivity index (χ4v) is 3.09. The van der Waals surface area contributed by atoms with Gasteiger partial charge in [0, 0.05) is 21.6 Å². The van der Waals surface area contributed by atoms with Gasteiger partial charge in [-0.1, -0.05) is 59.6 Å². The first-order valence-electron chi connectivity index (χ1n) is 8.80. The van der Waals surface area contributed by atoms with Gasteiger partial charge in [-0.05, 0) is 65.7 Å². The lowest BCUT2D eigenvalue weighted by Crippen LogP contribution is -1.84. The van der Waals surface area contributed by atoms with Crippen molar-refractivity contribution in [1.82, 2.24) is 4.98 Å². The molecule has 0 unspecified atom stereocenters. The lowest BCUT2D eigenvalue weighted by atomic mass is 10.1. The maximum absolute atomic E-state index is 6.07. The number of pyridine rings is 1. The minimum atomic E-state index is 0.689. The van der Waals surface area contributed by atoms with E-state index in [2.05, 4.69) is 16.0 Å². The van der Waals surface area contributed by atoms with Crippen molar-refractivity contribution in [2.45, 2.75) is 0 Å². The second-order valence-electron chi connectivity index (χ2n) is 6.31. The topological polar surface area (TPSA) is 25.2 Å². The van der Waals surface area contributed by atoms with Crippen LogP contribution in [0.4, 0.5) is 5.69 Å². The van der Waals surface area contributed by atoms with Crippen molar-refractivity contribution in [3.05, 3.63) is 106 Å². The highest BCUT2D eigenvalue weighted by Gasteiger charge is 1.98. The second kappa shape index (κ2) is 8.39. The zero-order chi connectivity index (χ0) is 19.3. The Kier molecular flexibility index (Phi) is 5.52. The molecule has 3 aromatic carbocycles. The molecular formula is C24H16Cl2N2. The van der Waals surface area contributed by atoms with Crippen molar-refractivity contribution in [2.24, 2.45) is 4.99 Å². The number of benzene rings is 3. The number of fused-ring (bicyclic) bond motifs is 1. The van der Waals surface area contributed by atoms with Crippen LogP contribution in [0.1, 0.15) is 16.8 Å². The van der Waals surface area contributed by atoms with E-state index in [0.29, 0.717) is 10.0 Å². The van der Waals surface area contributed by atoms with E-state index in [1.807, 2.05) is 91.2 Å². The molecule has 2 nitrogen and oxygen atoms in total. The van der Waals surface area contributed by atoms with Crippen LogP contribution in [0.3, 0.4) is 0 Å². The van der Waals surface area contributed by atoms with Gasteiger partial charge in [0.2, 0.25) is 0 Å². The number of rotatable bonds is 4.